The quantitative estimate of drug-likeness (QED) is 0.821. The highest BCUT2D eigenvalue weighted by Crippen LogP contribution is 2.25. The maximum absolute atomic E-state index is 13.6. The Morgan fingerprint density at radius 1 is 1.37 bits per heavy atom. The van der Waals surface area contributed by atoms with Crippen molar-refractivity contribution in [3.8, 4) is 5.75 Å². The van der Waals surface area contributed by atoms with Gasteiger partial charge in [0, 0.05) is 31.7 Å². The number of hydrazone groups is 1. The Labute approximate surface area is 112 Å². The summed E-state index contributed by atoms with van der Waals surface area (Å²) in [6, 6.07) is 3.16. The molecule has 0 spiro atoms. The van der Waals surface area contributed by atoms with E-state index in [0.717, 1.165) is 31.7 Å². The molecule has 1 saturated heterocycles. The standard InChI is InChI=1S/C14H20FN3O/c1-10(2)11-7-12(14(19)13(15)8-11)9-17-18-5-3-16-4-6-18/h7-10,16,19H,3-6H2,1-2H3/b17-9+. The summed E-state index contributed by atoms with van der Waals surface area (Å²) >= 11 is 0. The molecule has 1 aliphatic rings. The number of hydrogen-bond donors (Lipinski definition) is 2. The summed E-state index contributed by atoms with van der Waals surface area (Å²) < 4.78 is 13.6. The van der Waals surface area contributed by atoms with E-state index in [1.54, 1.807) is 6.07 Å². The lowest BCUT2D eigenvalue weighted by molar-refractivity contribution is 0.253. The van der Waals surface area contributed by atoms with Gasteiger partial charge in [-0.05, 0) is 23.6 Å². The first-order valence-electron chi connectivity index (χ1n) is 6.60. The molecule has 0 atom stereocenters. The van der Waals surface area contributed by atoms with Gasteiger partial charge in [0.05, 0.1) is 6.21 Å². The molecule has 104 valence electrons. The second kappa shape index (κ2) is 6.02. The maximum atomic E-state index is 13.6. The van der Waals surface area contributed by atoms with Crippen LogP contribution in [0.4, 0.5) is 4.39 Å². The monoisotopic (exact) mass is 265 g/mol. The van der Waals surface area contributed by atoms with Gasteiger partial charge in [0.1, 0.15) is 0 Å². The number of benzene rings is 1. The van der Waals surface area contributed by atoms with E-state index < -0.39 is 5.82 Å². The molecule has 2 rings (SSSR count). The molecular formula is C14H20FN3O. The van der Waals surface area contributed by atoms with Crippen molar-refractivity contribution in [2.45, 2.75) is 19.8 Å². The minimum Gasteiger partial charge on any atom is -0.504 e. The number of rotatable bonds is 3. The van der Waals surface area contributed by atoms with Crippen molar-refractivity contribution in [1.82, 2.24) is 10.3 Å². The molecule has 0 aliphatic carbocycles. The summed E-state index contributed by atoms with van der Waals surface area (Å²) in [7, 11) is 0. The predicted octanol–water partition coefficient (Wildman–Crippen LogP) is 1.89. The number of piperazine rings is 1. The molecule has 5 heteroatoms. The highest BCUT2D eigenvalue weighted by atomic mass is 19.1. The molecule has 0 saturated carbocycles. The summed E-state index contributed by atoms with van der Waals surface area (Å²) in [5.41, 5.74) is 1.29. The minimum absolute atomic E-state index is 0.210. The first kappa shape index (κ1) is 13.8. The van der Waals surface area contributed by atoms with Crippen molar-refractivity contribution < 1.29 is 9.50 Å². The van der Waals surface area contributed by atoms with E-state index in [0.29, 0.717) is 5.56 Å². The van der Waals surface area contributed by atoms with Gasteiger partial charge in [-0.15, -0.1) is 0 Å². The van der Waals surface area contributed by atoms with Gasteiger partial charge < -0.3 is 10.4 Å². The molecular weight excluding hydrogens is 245 g/mol. The van der Waals surface area contributed by atoms with E-state index in [1.807, 2.05) is 18.9 Å². The van der Waals surface area contributed by atoms with Gasteiger partial charge in [-0.1, -0.05) is 13.8 Å². The Kier molecular flexibility index (Phi) is 4.37. The first-order chi connectivity index (χ1) is 9.08. The fourth-order valence-electron chi connectivity index (χ4n) is 1.99. The van der Waals surface area contributed by atoms with Crippen molar-refractivity contribution in [1.29, 1.82) is 0 Å². The van der Waals surface area contributed by atoms with Crippen LogP contribution in [0, 0.1) is 5.82 Å². The minimum atomic E-state index is -0.590. The second-order valence-corrected chi connectivity index (χ2v) is 5.04. The van der Waals surface area contributed by atoms with Crippen LogP contribution in [0.25, 0.3) is 0 Å². The Morgan fingerprint density at radius 2 is 2.05 bits per heavy atom. The van der Waals surface area contributed by atoms with Crippen LogP contribution in [-0.2, 0) is 0 Å². The third-order valence-electron chi connectivity index (χ3n) is 3.24. The molecule has 1 aromatic rings. The first-order valence-corrected chi connectivity index (χ1v) is 6.60. The SMILES string of the molecule is CC(C)c1cc(F)c(O)c(/C=N/N2CCNCC2)c1. The highest BCUT2D eigenvalue weighted by Gasteiger charge is 2.11. The van der Waals surface area contributed by atoms with Gasteiger partial charge in [-0.25, -0.2) is 4.39 Å². The Morgan fingerprint density at radius 3 is 2.68 bits per heavy atom. The van der Waals surface area contributed by atoms with E-state index in [9.17, 15) is 9.50 Å². The van der Waals surface area contributed by atoms with Gasteiger partial charge in [0.15, 0.2) is 11.6 Å². The molecule has 1 heterocycles. The van der Waals surface area contributed by atoms with Crippen molar-refractivity contribution >= 4 is 6.21 Å². The number of halogens is 1. The van der Waals surface area contributed by atoms with Gasteiger partial charge in [0.25, 0.3) is 0 Å². The molecule has 1 aromatic carbocycles. The predicted molar refractivity (Wildman–Crippen MR) is 74.2 cm³/mol. The molecule has 2 N–H and O–H groups in total. The number of nitrogens with one attached hydrogen (secondary N) is 1. The topological polar surface area (TPSA) is 47.9 Å². The molecule has 1 fully saturated rings. The summed E-state index contributed by atoms with van der Waals surface area (Å²) in [5, 5.41) is 19.2. The van der Waals surface area contributed by atoms with Crippen LogP contribution in [0.3, 0.4) is 0 Å². The van der Waals surface area contributed by atoms with Crippen molar-refractivity contribution in [2.24, 2.45) is 5.10 Å². The fourth-order valence-corrected chi connectivity index (χ4v) is 1.99. The van der Waals surface area contributed by atoms with Crippen LogP contribution < -0.4 is 5.32 Å². The Bertz CT molecular complexity index is 468. The number of hydrogen-bond acceptors (Lipinski definition) is 4. The zero-order valence-electron chi connectivity index (χ0n) is 11.4. The van der Waals surface area contributed by atoms with E-state index in [-0.39, 0.29) is 11.7 Å². The lowest BCUT2D eigenvalue weighted by Crippen LogP contribution is -2.40. The molecule has 0 amide bonds. The van der Waals surface area contributed by atoms with Crippen molar-refractivity contribution in [3.63, 3.8) is 0 Å². The average molecular weight is 265 g/mol. The van der Waals surface area contributed by atoms with Crippen LogP contribution in [0.1, 0.15) is 30.9 Å². The lowest BCUT2D eigenvalue weighted by atomic mass is 10.0. The molecule has 0 radical (unpaired) electrons. The van der Waals surface area contributed by atoms with Crippen LogP contribution in [0.5, 0.6) is 5.75 Å². The number of nitrogens with zero attached hydrogens (tertiary/aromatic N) is 2. The highest BCUT2D eigenvalue weighted by molar-refractivity contribution is 5.83. The fraction of sp³-hybridized carbons (Fsp3) is 0.500. The molecule has 1 aliphatic heterocycles. The van der Waals surface area contributed by atoms with Gasteiger partial charge in [-0.2, -0.15) is 5.10 Å². The molecule has 0 aromatic heterocycles. The van der Waals surface area contributed by atoms with E-state index in [1.165, 1.54) is 12.3 Å². The third-order valence-corrected chi connectivity index (χ3v) is 3.24. The zero-order chi connectivity index (χ0) is 13.8. The molecule has 19 heavy (non-hydrogen) atoms. The number of phenols is 1. The van der Waals surface area contributed by atoms with E-state index in [2.05, 4.69) is 10.4 Å². The van der Waals surface area contributed by atoms with Crippen LogP contribution >= 0.6 is 0 Å². The normalized spacial score (nSPS) is 16.5. The van der Waals surface area contributed by atoms with Gasteiger partial charge >= 0.3 is 0 Å². The van der Waals surface area contributed by atoms with Crippen LogP contribution in [0.15, 0.2) is 17.2 Å². The summed E-state index contributed by atoms with van der Waals surface area (Å²) in [6.45, 7) is 7.41. The number of aromatic hydroxyl groups is 1. The maximum Gasteiger partial charge on any atom is 0.165 e. The third kappa shape index (κ3) is 3.44. The largest absolute Gasteiger partial charge is 0.504 e. The van der Waals surface area contributed by atoms with E-state index in [4.69, 9.17) is 0 Å². The summed E-state index contributed by atoms with van der Waals surface area (Å²) in [6.07, 6.45) is 1.54. The van der Waals surface area contributed by atoms with Crippen LogP contribution in [0.2, 0.25) is 0 Å². The molecule has 0 unspecified atom stereocenters. The van der Waals surface area contributed by atoms with E-state index >= 15 is 0 Å². The number of phenolic OH excluding ortho intramolecular Hbond substituents is 1. The average Bonchev–Trinajstić information content (AvgIpc) is 2.41. The van der Waals surface area contributed by atoms with Gasteiger partial charge in [-0.3, -0.25) is 5.01 Å². The van der Waals surface area contributed by atoms with Gasteiger partial charge in [0.2, 0.25) is 0 Å². The molecule has 0 bridgehead atoms. The summed E-state index contributed by atoms with van der Waals surface area (Å²) in [5.74, 6) is -0.710. The van der Waals surface area contributed by atoms with Crippen LogP contribution in [-0.4, -0.2) is 42.5 Å². The van der Waals surface area contributed by atoms with Crippen molar-refractivity contribution in [3.05, 3.63) is 29.1 Å². The van der Waals surface area contributed by atoms with Crippen molar-refractivity contribution in [2.75, 3.05) is 26.2 Å². The Hall–Kier alpha value is -1.62. The lowest BCUT2D eigenvalue weighted by Gasteiger charge is -2.24. The zero-order valence-corrected chi connectivity index (χ0v) is 11.4. The summed E-state index contributed by atoms with van der Waals surface area (Å²) in [4.78, 5) is 0. The second-order valence-electron chi connectivity index (χ2n) is 5.04. The molecule has 4 nitrogen and oxygen atoms in total. The Balaban J connectivity index is 2.20. The smallest absolute Gasteiger partial charge is 0.165 e.